The highest BCUT2D eigenvalue weighted by Gasteiger charge is 2.30. The molecule has 1 fully saturated rings. The van der Waals surface area contributed by atoms with E-state index in [1.165, 1.54) is 17.8 Å². The fourth-order valence-electron chi connectivity index (χ4n) is 3.31. The maximum Gasteiger partial charge on any atom is 0.251 e. The minimum absolute atomic E-state index is 0.0391. The van der Waals surface area contributed by atoms with Crippen molar-refractivity contribution in [2.75, 3.05) is 0 Å². The van der Waals surface area contributed by atoms with E-state index in [-0.39, 0.29) is 21.7 Å². The SMILES string of the molecule is CCCc1cc(=O)[nH]c(S[C@@H]2CCCC[C@H]2NS(=O)(=O)c2ccccc2)n1. The third kappa shape index (κ3) is 5.43. The number of thioether (sulfide) groups is 1. The zero-order chi connectivity index (χ0) is 19.3. The van der Waals surface area contributed by atoms with Crippen molar-refractivity contribution in [3.8, 4) is 0 Å². The smallest absolute Gasteiger partial charge is 0.251 e. The van der Waals surface area contributed by atoms with Gasteiger partial charge in [-0.25, -0.2) is 18.1 Å². The summed E-state index contributed by atoms with van der Waals surface area (Å²) in [5.41, 5.74) is 0.620. The molecular weight excluding hydrogens is 382 g/mol. The lowest BCUT2D eigenvalue weighted by Gasteiger charge is -2.31. The van der Waals surface area contributed by atoms with E-state index >= 15 is 0 Å². The molecule has 27 heavy (non-hydrogen) atoms. The van der Waals surface area contributed by atoms with Gasteiger partial charge < -0.3 is 4.98 Å². The number of hydrogen-bond donors (Lipinski definition) is 2. The second-order valence-electron chi connectivity index (χ2n) is 6.77. The molecular formula is C19H25N3O3S2. The summed E-state index contributed by atoms with van der Waals surface area (Å²) in [6.45, 7) is 2.05. The average Bonchev–Trinajstić information content (AvgIpc) is 2.64. The van der Waals surface area contributed by atoms with E-state index in [1.807, 2.05) is 6.92 Å². The van der Waals surface area contributed by atoms with Gasteiger partial charge in [0.2, 0.25) is 10.0 Å². The molecule has 0 radical (unpaired) electrons. The highest BCUT2D eigenvalue weighted by Crippen LogP contribution is 2.33. The highest BCUT2D eigenvalue weighted by molar-refractivity contribution is 7.99. The van der Waals surface area contributed by atoms with E-state index in [1.54, 1.807) is 30.3 Å². The lowest BCUT2D eigenvalue weighted by Crippen LogP contribution is -2.43. The fraction of sp³-hybridized carbons (Fsp3) is 0.474. The maximum atomic E-state index is 12.7. The molecule has 0 bridgehead atoms. The Bertz CT molecular complexity index is 913. The number of hydrogen-bond acceptors (Lipinski definition) is 5. The van der Waals surface area contributed by atoms with Crippen LogP contribution in [0.2, 0.25) is 0 Å². The molecule has 0 saturated heterocycles. The van der Waals surface area contributed by atoms with Gasteiger partial charge in [-0.05, 0) is 31.4 Å². The normalized spacial score (nSPS) is 20.5. The number of aromatic nitrogens is 2. The molecule has 0 aliphatic heterocycles. The number of rotatable bonds is 7. The summed E-state index contributed by atoms with van der Waals surface area (Å²) in [6, 6.07) is 9.77. The first-order chi connectivity index (χ1) is 13.0. The van der Waals surface area contributed by atoms with Crippen LogP contribution in [-0.2, 0) is 16.4 Å². The summed E-state index contributed by atoms with van der Waals surface area (Å²) >= 11 is 1.47. The molecule has 2 atom stereocenters. The monoisotopic (exact) mass is 407 g/mol. The van der Waals surface area contributed by atoms with Crippen LogP contribution in [0, 0.1) is 0 Å². The topological polar surface area (TPSA) is 91.9 Å². The molecule has 1 aliphatic rings. The van der Waals surface area contributed by atoms with Gasteiger partial charge in [-0.2, -0.15) is 0 Å². The van der Waals surface area contributed by atoms with Crippen LogP contribution >= 0.6 is 11.8 Å². The molecule has 2 N–H and O–H groups in total. The standard InChI is InChI=1S/C19H25N3O3S2/c1-2-8-14-13-18(23)21-19(20-14)26-17-12-7-6-11-16(17)22-27(24,25)15-9-4-3-5-10-15/h3-5,9-10,13,16-17,22H,2,6-8,11-12H2,1H3,(H,20,21,23)/t16-,17-/m1/s1. The minimum atomic E-state index is -3.57. The van der Waals surface area contributed by atoms with E-state index in [4.69, 9.17) is 0 Å². The Hall–Kier alpha value is -1.64. The zero-order valence-electron chi connectivity index (χ0n) is 15.3. The fourth-order valence-corrected chi connectivity index (χ4v) is 5.99. The maximum absolute atomic E-state index is 12.7. The van der Waals surface area contributed by atoms with E-state index < -0.39 is 10.0 Å². The van der Waals surface area contributed by atoms with Crippen LogP contribution in [0.4, 0.5) is 0 Å². The Morgan fingerprint density at radius 2 is 1.96 bits per heavy atom. The van der Waals surface area contributed by atoms with Crippen LogP contribution < -0.4 is 10.3 Å². The van der Waals surface area contributed by atoms with Crippen molar-refractivity contribution >= 4 is 21.8 Å². The van der Waals surface area contributed by atoms with Gasteiger partial charge in [-0.3, -0.25) is 4.79 Å². The first-order valence-electron chi connectivity index (χ1n) is 9.32. The molecule has 8 heteroatoms. The third-order valence-corrected chi connectivity index (χ3v) is 7.39. The summed E-state index contributed by atoms with van der Waals surface area (Å²) in [6.07, 6.45) is 5.37. The molecule has 1 aromatic heterocycles. The largest absolute Gasteiger partial charge is 0.301 e. The van der Waals surface area contributed by atoms with Crippen LogP contribution in [0.1, 0.15) is 44.7 Å². The number of sulfonamides is 1. The Morgan fingerprint density at radius 1 is 1.22 bits per heavy atom. The molecule has 6 nitrogen and oxygen atoms in total. The second-order valence-corrected chi connectivity index (χ2v) is 9.72. The summed E-state index contributed by atoms with van der Waals surface area (Å²) in [5.74, 6) is 0. The van der Waals surface area contributed by atoms with Crippen molar-refractivity contribution in [2.24, 2.45) is 0 Å². The molecule has 1 aromatic carbocycles. The van der Waals surface area contributed by atoms with Gasteiger partial charge >= 0.3 is 0 Å². The van der Waals surface area contributed by atoms with Gasteiger partial charge in [0.15, 0.2) is 5.16 Å². The van der Waals surface area contributed by atoms with Crippen LogP contribution in [0.15, 0.2) is 51.2 Å². The van der Waals surface area contributed by atoms with Crippen LogP contribution in [0.5, 0.6) is 0 Å². The number of aryl methyl sites for hydroxylation is 1. The summed E-state index contributed by atoms with van der Waals surface area (Å²) in [5, 5.41) is 0.610. The lowest BCUT2D eigenvalue weighted by atomic mass is 9.96. The zero-order valence-corrected chi connectivity index (χ0v) is 17.0. The van der Waals surface area contributed by atoms with Crippen molar-refractivity contribution < 1.29 is 8.42 Å². The van der Waals surface area contributed by atoms with E-state index in [9.17, 15) is 13.2 Å². The van der Waals surface area contributed by atoms with Crippen molar-refractivity contribution in [3.63, 3.8) is 0 Å². The third-order valence-electron chi connectivity index (χ3n) is 4.60. The first-order valence-corrected chi connectivity index (χ1v) is 11.7. The highest BCUT2D eigenvalue weighted by atomic mass is 32.2. The van der Waals surface area contributed by atoms with Gasteiger partial charge in [0.25, 0.3) is 5.56 Å². The molecule has 0 amide bonds. The Kier molecular flexibility index (Phi) is 6.73. The first kappa shape index (κ1) is 20.1. The van der Waals surface area contributed by atoms with Crippen molar-refractivity contribution in [3.05, 3.63) is 52.4 Å². The lowest BCUT2D eigenvalue weighted by molar-refractivity contribution is 0.422. The number of benzene rings is 1. The summed E-state index contributed by atoms with van der Waals surface area (Å²) in [7, 11) is -3.57. The van der Waals surface area contributed by atoms with E-state index in [0.29, 0.717) is 5.16 Å². The molecule has 2 aromatic rings. The van der Waals surface area contributed by atoms with Crippen LogP contribution in [-0.4, -0.2) is 29.7 Å². The molecule has 1 aliphatic carbocycles. The van der Waals surface area contributed by atoms with Crippen LogP contribution in [0.25, 0.3) is 0 Å². The Balaban J connectivity index is 1.77. The van der Waals surface area contributed by atoms with E-state index in [0.717, 1.165) is 44.2 Å². The van der Waals surface area contributed by atoms with Gasteiger partial charge in [-0.15, -0.1) is 0 Å². The van der Waals surface area contributed by atoms with Crippen molar-refractivity contribution in [1.82, 2.24) is 14.7 Å². The van der Waals surface area contributed by atoms with Gasteiger partial charge in [0.1, 0.15) is 0 Å². The predicted octanol–water partition coefficient (Wildman–Crippen LogP) is 3.10. The second kappa shape index (κ2) is 9.03. The number of H-pyrrole nitrogens is 1. The quantitative estimate of drug-likeness (QED) is 0.688. The van der Waals surface area contributed by atoms with E-state index in [2.05, 4.69) is 14.7 Å². The molecule has 1 saturated carbocycles. The Labute approximate surface area is 164 Å². The summed E-state index contributed by atoms with van der Waals surface area (Å²) < 4.78 is 28.3. The number of nitrogens with one attached hydrogen (secondary N) is 2. The number of nitrogens with zero attached hydrogens (tertiary/aromatic N) is 1. The molecule has 146 valence electrons. The molecule has 1 heterocycles. The van der Waals surface area contributed by atoms with Gasteiger partial charge in [-0.1, -0.05) is 56.1 Å². The summed E-state index contributed by atoms with van der Waals surface area (Å²) in [4.78, 5) is 19.5. The molecule has 3 rings (SSSR count). The van der Waals surface area contributed by atoms with Crippen molar-refractivity contribution in [1.29, 1.82) is 0 Å². The minimum Gasteiger partial charge on any atom is -0.301 e. The van der Waals surface area contributed by atoms with Crippen molar-refractivity contribution in [2.45, 2.75) is 66.8 Å². The average molecular weight is 408 g/mol. The van der Waals surface area contributed by atoms with Crippen LogP contribution in [0.3, 0.4) is 0 Å². The Morgan fingerprint density at radius 3 is 2.70 bits per heavy atom. The van der Waals surface area contributed by atoms with Gasteiger partial charge in [0, 0.05) is 23.1 Å². The van der Waals surface area contributed by atoms with Gasteiger partial charge in [0.05, 0.1) is 4.90 Å². The molecule has 0 spiro atoms. The predicted molar refractivity (Wildman–Crippen MR) is 108 cm³/mol. The molecule has 0 unspecified atom stereocenters. The number of aromatic amines is 1.